The summed E-state index contributed by atoms with van der Waals surface area (Å²) < 4.78 is 10.3. The lowest BCUT2D eigenvalue weighted by molar-refractivity contribution is -0.148. The predicted octanol–water partition coefficient (Wildman–Crippen LogP) is 4.52. The van der Waals surface area contributed by atoms with Crippen molar-refractivity contribution in [3.63, 3.8) is 0 Å². The number of halogens is 1. The van der Waals surface area contributed by atoms with Gasteiger partial charge in [0.25, 0.3) is 11.1 Å². The van der Waals surface area contributed by atoms with Crippen LogP contribution in [-0.2, 0) is 20.9 Å². The molecule has 8 heteroatoms. The molecule has 6 nitrogen and oxygen atoms in total. The molecule has 0 aliphatic carbocycles. The molecule has 0 spiro atoms. The van der Waals surface area contributed by atoms with Crippen molar-refractivity contribution in [2.24, 2.45) is 0 Å². The van der Waals surface area contributed by atoms with Crippen LogP contribution in [-0.4, -0.2) is 35.2 Å². The SMILES string of the molecule is COC(=O)[C@H](C)N1C(=O)S/C(=C/c2ccc(OCc3ccccc3Cl)cc2)C1=O. The van der Waals surface area contributed by atoms with Crippen LogP contribution in [0, 0.1) is 0 Å². The van der Waals surface area contributed by atoms with Crippen LogP contribution >= 0.6 is 23.4 Å². The van der Waals surface area contributed by atoms with Gasteiger partial charge in [0.1, 0.15) is 18.4 Å². The summed E-state index contributed by atoms with van der Waals surface area (Å²) in [7, 11) is 1.21. The van der Waals surface area contributed by atoms with Crippen LogP contribution in [0.25, 0.3) is 6.08 Å². The molecule has 0 saturated carbocycles. The molecular formula is C21H18ClNO5S. The molecule has 1 aliphatic heterocycles. The van der Waals surface area contributed by atoms with Gasteiger partial charge in [-0.05, 0) is 48.5 Å². The van der Waals surface area contributed by atoms with E-state index >= 15 is 0 Å². The third-order valence-corrected chi connectivity index (χ3v) is 5.54. The molecule has 1 heterocycles. The highest BCUT2D eigenvalue weighted by atomic mass is 35.5. The Morgan fingerprint density at radius 1 is 1.17 bits per heavy atom. The van der Waals surface area contributed by atoms with E-state index in [1.54, 1.807) is 36.4 Å². The molecule has 0 N–H and O–H groups in total. The Morgan fingerprint density at radius 2 is 1.86 bits per heavy atom. The summed E-state index contributed by atoms with van der Waals surface area (Å²) in [5.74, 6) is -0.514. The Labute approximate surface area is 177 Å². The van der Waals surface area contributed by atoms with E-state index < -0.39 is 23.2 Å². The molecular weight excluding hydrogens is 414 g/mol. The number of ether oxygens (including phenoxy) is 2. The summed E-state index contributed by atoms with van der Waals surface area (Å²) in [6.45, 7) is 1.79. The lowest BCUT2D eigenvalue weighted by Gasteiger charge is -2.18. The number of esters is 1. The average Bonchev–Trinajstić information content (AvgIpc) is 3.00. The maximum absolute atomic E-state index is 12.5. The number of rotatable bonds is 6. The van der Waals surface area contributed by atoms with Crippen LogP contribution in [0.1, 0.15) is 18.1 Å². The smallest absolute Gasteiger partial charge is 0.328 e. The zero-order valence-electron chi connectivity index (χ0n) is 15.8. The second kappa shape index (κ2) is 9.15. The van der Waals surface area contributed by atoms with Crippen LogP contribution in [0.4, 0.5) is 4.79 Å². The van der Waals surface area contributed by atoms with Crippen molar-refractivity contribution in [2.75, 3.05) is 7.11 Å². The second-order valence-corrected chi connectivity index (χ2v) is 7.60. The number of methoxy groups -OCH3 is 1. The molecule has 0 bridgehead atoms. The molecule has 2 amide bonds. The van der Waals surface area contributed by atoms with E-state index in [0.717, 1.165) is 27.8 Å². The van der Waals surface area contributed by atoms with Crippen molar-refractivity contribution in [1.29, 1.82) is 0 Å². The number of imide groups is 1. The highest BCUT2D eigenvalue weighted by Crippen LogP contribution is 2.34. The Balaban J connectivity index is 1.68. The molecule has 1 atom stereocenters. The van der Waals surface area contributed by atoms with E-state index in [1.165, 1.54) is 14.0 Å². The molecule has 1 aliphatic rings. The monoisotopic (exact) mass is 431 g/mol. The van der Waals surface area contributed by atoms with Crippen molar-refractivity contribution < 1.29 is 23.9 Å². The summed E-state index contributed by atoms with van der Waals surface area (Å²) in [6, 6.07) is 13.6. The standard InChI is InChI=1S/C21H18ClNO5S/c1-13(20(25)27-2)23-19(24)18(29-21(23)26)11-14-7-9-16(10-8-14)28-12-15-5-3-4-6-17(15)22/h3-11,13H,12H2,1-2H3/b18-11+/t13-/m0/s1. The van der Waals surface area contributed by atoms with E-state index in [1.807, 2.05) is 18.2 Å². The quantitative estimate of drug-likeness (QED) is 0.494. The van der Waals surface area contributed by atoms with Gasteiger partial charge in [-0.1, -0.05) is 41.9 Å². The molecule has 0 aromatic heterocycles. The Kier molecular flexibility index (Phi) is 6.61. The zero-order valence-corrected chi connectivity index (χ0v) is 17.3. The van der Waals surface area contributed by atoms with E-state index in [0.29, 0.717) is 17.4 Å². The minimum absolute atomic E-state index is 0.246. The summed E-state index contributed by atoms with van der Waals surface area (Å²) >= 11 is 6.91. The van der Waals surface area contributed by atoms with Gasteiger partial charge in [-0.3, -0.25) is 14.5 Å². The molecule has 150 valence electrons. The fourth-order valence-electron chi connectivity index (χ4n) is 2.68. The molecule has 1 fully saturated rings. The van der Waals surface area contributed by atoms with E-state index in [4.69, 9.17) is 16.3 Å². The lowest BCUT2D eigenvalue weighted by atomic mass is 10.2. The van der Waals surface area contributed by atoms with E-state index in [2.05, 4.69) is 4.74 Å². The van der Waals surface area contributed by atoms with Crippen LogP contribution in [0.3, 0.4) is 0 Å². The number of carbonyl (C=O) groups is 3. The van der Waals surface area contributed by atoms with Gasteiger partial charge in [-0.2, -0.15) is 0 Å². The van der Waals surface area contributed by atoms with Gasteiger partial charge in [0.2, 0.25) is 0 Å². The van der Waals surface area contributed by atoms with Crippen molar-refractivity contribution in [2.45, 2.75) is 19.6 Å². The molecule has 3 rings (SSSR count). The van der Waals surface area contributed by atoms with Gasteiger partial charge in [0.15, 0.2) is 0 Å². The fraction of sp³-hybridized carbons (Fsp3) is 0.190. The van der Waals surface area contributed by atoms with Gasteiger partial charge in [-0.15, -0.1) is 0 Å². The van der Waals surface area contributed by atoms with Crippen LogP contribution in [0.2, 0.25) is 5.02 Å². The number of thioether (sulfide) groups is 1. The molecule has 0 unspecified atom stereocenters. The maximum Gasteiger partial charge on any atom is 0.328 e. The van der Waals surface area contributed by atoms with Crippen LogP contribution in [0.5, 0.6) is 5.75 Å². The van der Waals surface area contributed by atoms with Gasteiger partial charge in [0.05, 0.1) is 12.0 Å². The Hall–Kier alpha value is -2.77. The number of nitrogens with zero attached hydrogens (tertiary/aromatic N) is 1. The van der Waals surface area contributed by atoms with Gasteiger partial charge >= 0.3 is 5.97 Å². The average molecular weight is 432 g/mol. The largest absolute Gasteiger partial charge is 0.489 e. The minimum Gasteiger partial charge on any atom is -0.489 e. The van der Waals surface area contributed by atoms with Crippen molar-refractivity contribution in [1.82, 2.24) is 4.90 Å². The normalized spacial score (nSPS) is 16.2. The third kappa shape index (κ3) is 4.81. The minimum atomic E-state index is -0.973. The Bertz CT molecular complexity index is 973. The van der Waals surface area contributed by atoms with Gasteiger partial charge in [-0.25, -0.2) is 4.79 Å². The molecule has 2 aromatic carbocycles. The van der Waals surface area contributed by atoms with Crippen molar-refractivity contribution >= 4 is 46.6 Å². The first-order chi connectivity index (χ1) is 13.9. The first-order valence-corrected chi connectivity index (χ1v) is 9.91. The summed E-state index contributed by atoms with van der Waals surface area (Å²) in [5, 5.41) is 0.139. The maximum atomic E-state index is 12.5. The van der Waals surface area contributed by atoms with Gasteiger partial charge in [0, 0.05) is 10.6 Å². The molecule has 29 heavy (non-hydrogen) atoms. The third-order valence-electron chi connectivity index (χ3n) is 4.28. The first kappa shape index (κ1) is 21.0. The highest BCUT2D eigenvalue weighted by molar-refractivity contribution is 8.18. The number of benzene rings is 2. The zero-order chi connectivity index (χ0) is 21.0. The number of hydrogen-bond acceptors (Lipinski definition) is 6. The molecule has 2 aromatic rings. The lowest BCUT2D eigenvalue weighted by Crippen LogP contribution is -2.42. The van der Waals surface area contributed by atoms with Crippen LogP contribution < -0.4 is 4.74 Å². The topological polar surface area (TPSA) is 72.9 Å². The number of hydrogen-bond donors (Lipinski definition) is 0. The highest BCUT2D eigenvalue weighted by Gasteiger charge is 2.41. The molecule has 1 saturated heterocycles. The van der Waals surface area contributed by atoms with Gasteiger partial charge < -0.3 is 9.47 Å². The van der Waals surface area contributed by atoms with E-state index in [9.17, 15) is 14.4 Å². The second-order valence-electron chi connectivity index (χ2n) is 6.20. The predicted molar refractivity (Wildman–Crippen MR) is 112 cm³/mol. The Morgan fingerprint density at radius 3 is 2.52 bits per heavy atom. The first-order valence-electron chi connectivity index (χ1n) is 8.72. The van der Waals surface area contributed by atoms with Crippen LogP contribution in [0.15, 0.2) is 53.4 Å². The van der Waals surface area contributed by atoms with Crippen molar-refractivity contribution in [3.8, 4) is 5.75 Å². The fourth-order valence-corrected chi connectivity index (χ4v) is 3.78. The molecule has 0 radical (unpaired) electrons. The summed E-state index contributed by atoms with van der Waals surface area (Å²) in [6.07, 6.45) is 1.60. The number of amides is 2. The summed E-state index contributed by atoms with van der Waals surface area (Å²) in [5.41, 5.74) is 1.61. The van der Waals surface area contributed by atoms with E-state index in [-0.39, 0.29) is 4.91 Å². The summed E-state index contributed by atoms with van der Waals surface area (Å²) in [4.78, 5) is 37.5. The number of carbonyl (C=O) groups excluding carboxylic acids is 3. The van der Waals surface area contributed by atoms with Crippen molar-refractivity contribution in [3.05, 3.63) is 69.6 Å².